The molecule has 10 nitrogen and oxygen atoms in total. The van der Waals surface area contributed by atoms with Crippen molar-refractivity contribution < 1.29 is 18.3 Å². The van der Waals surface area contributed by atoms with Crippen molar-refractivity contribution in [1.29, 1.82) is 0 Å². The molecule has 0 unspecified atom stereocenters. The summed E-state index contributed by atoms with van der Waals surface area (Å²) in [5, 5.41) is 14.2. The van der Waals surface area contributed by atoms with Crippen LogP contribution < -0.4 is 0 Å². The fraction of sp³-hybridized carbons (Fsp3) is 0.368. The lowest BCUT2D eigenvalue weighted by atomic mass is 9.79. The molecule has 1 aliphatic rings. The van der Waals surface area contributed by atoms with E-state index < -0.39 is 26.8 Å². The molecule has 2 atom stereocenters. The molecule has 0 radical (unpaired) electrons. The third-order valence-electron chi connectivity index (χ3n) is 5.34. The highest BCUT2D eigenvalue weighted by molar-refractivity contribution is 7.89. The molecule has 2 aromatic rings. The second-order valence-electron chi connectivity index (χ2n) is 7.17. The third-order valence-corrected chi connectivity index (χ3v) is 7.22. The van der Waals surface area contributed by atoms with Crippen LogP contribution in [0.4, 0.5) is 0 Å². The molecule has 0 amide bonds. The molecule has 1 heterocycles. The summed E-state index contributed by atoms with van der Waals surface area (Å²) >= 11 is 0. The van der Waals surface area contributed by atoms with Crippen molar-refractivity contribution in [3.05, 3.63) is 85.8 Å². The van der Waals surface area contributed by atoms with Crippen molar-refractivity contribution in [1.82, 2.24) is 4.31 Å². The predicted molar refractivity (Wildman–Crippen MR) is 108 cm³/mol. The Morgan fingerprint density at radius 3 is 2.50 bits per heavy atom. The van der Waals surface area contributed by atoms with E-state index in [2.05, 4.69) is 10.0 Å². The molecule has 0 spiro atoms. The molecule has 1 aliphatic heterocycles. The molecular weight excluding hydrogens is 410 g/mol. The van der Waals surface area contributed by atoms with Gasteiger partial charge in [0.2, 0.25) is 10.0 Å². The van der Waals surface area contributed by atoms with E-state index in [1.165, 1.54) is 16.4 Å². The summed E-state index contributed by atoms with van der Waals surface area (Å²) in [7, 11) is -3.88. The van der Waals surface area contributed by atoms with Crippen molar-refractivity contribution in [3.63, 3.8) is 0 Å². The molecular formula is C19H21N5O5S. The molecule has 1 fully saturated rings. The fourth-order valence-corrected chi connectivity index (χ4v) is 5.26. The van der Waals surface area contributed by atoms with Crippen LogP contribution in [0.5, 0.6) is 0 Å². The Bertz CT molecular complexity index is 1100. The zero-order valence-corrected chi connectivity index (χ0v) is 17.3. The van der Waals surface area contributed by atoms with Crippen molar-refractivity contribution >= 4 is 10.0 Å². The minimum atomic E-state index is -3.88. The van der Waals surface area contributed by atoms with Gasteiger partial charge in [0.25, 0.3) is 5.09 Å². The predicted octanol–water partition coefficient (Wildman–Crippen LogP) is 3.48. The van der Waals surface area contributed by atoms with Crippen LogP contribution in [-0.2, 0) is 20.5 Å². The van der Waals surface area contributed by atoms with E-state index in [1.54, 1.807) is 43.3 Å². The van der Waals surface area contributed by atoms with Gasteiger partial charge in [-0.25, -0.2) is 8.42 Å². The van der Waals surface area contributed by atoms with E-state index in [9.17, 15) is 18.5 Å². The normalized spacial score (nSPS) is 22.1. The Hall–Kier alpha value is -3.14. The van der Waals surface area contributed by atoms with Crippen LogP contribution in [0.15, 0.2) is 58.5 Å². The summed E-state index contributed by atoms with van der Waals surface area (Å²) in [5.74, 6) is 0. The van der Waals surface area contributed by atoms with Crippen molar-refractivity contribution in [2.45, 2.75) is 36.8 Å². The number of benzene rings is 2. The number of nitrogens with zero attached hydrogens (tertiary/aromatic N) is 5. The average molecular weight is 431 g/mol. The van der Waals surface area contributed by atoms with Crippen molar-refractivity contribution in [3.8, 4) is 0 Å². The van der Waals surface area contributed by atoms with Gasteiger partial charge in [0.1, 0.15) is 0 Å². The van der Waals surface area contributed by atoms with E-state index >= 15 is 0 Å². The zero-order chi connectivity index (χ0) is 21.9. The highest BCUT2D eigenvalue weighted by Crippen LogP contribution is 2.41. The maximum atomic E-state index is 13.1. The van der Waals surface area contributed by atoms with Crippen LogP contribution in [0, 0.1) is 24.0 Å². The highest BCUT2D eigenvalue weighted by atomic mass is 32.2. The van der Waals surface area contributed by atoms with Gasteiger partial charge < -0.3 is 4.84 Å². The van der Waals surface area contributed by atoms with Crippen LogP contribution in [0.3, 0.4) is 0 Å². The number of piperidine rings is 1. The number of azide groups is 1. The topological polar surface area (TPSA) is 139 Å². The standard InChI is InChI=1S/C19H21N5O5S/c1-14-7-9-16(10-8-14)30(27,28)23-12-11-19(29-24(25)26,18(13-23)21-22-20)17-6-4-3-5-15(17)2/h3-10,18H,11-13H2,1-2H3/t18-,19+/m0/s1. The summed E-state index contributed by atoms with van der Waals surface area (Å²) < 4.78 is 27.4. The monoisotopic (exact) mass is 431 g/mol. The first kappa shape index (κ1) is 21.6. The smallest absolute Gasteiger partial charge is 0.295 e. The lowest BCUT2D eigenvalue weighted by molar-refractivity contribution is -0.786. The molecule has 0 aromatic heterocycles. The van der Waals surface area contributed by atoms with Gasteiger partial charge >= 0.3 is 0 Å². The van der Waals surface area contributed by atoms with Crippen molar-refractivity contribution in [2.24, 2.45) is 5.11 Å². The molecule has 0 saturated carbocycles. The van der Waals surface area contributed by atoms with Crippen LogP contribution in [0.1, 0.15) is 23.1 Å². The van der Waals surface area contributed by atoms with Crippen molar-refractivity contribution in [2.75, 3.05) is 13.1 Å². The number of sulfonamides is 1. The molecule has 0 N–H and O–H groups in total. The summed E-state index contributed by atoms with van der Waals surface area (Å²) in [6.45, 7) is 3.34. The second-order valence-corrected chi connectivity index (χ2v) is 9.10. The van der Waals surface area contributed by atoms with Gasteiger partial charge in [-0.3, -0.25) is 0 Å². The molecule has 30 heavy (non-hydrogen) atoms. The molecule has 2 aromatic carbocycles. The SMILES string of the molecule is Cc1ccc(S(=O)(=O)N2CC[C@@](O[N+](=O)[O-])(c3ccccc3C)[C@@H](N=[N+]=[N-])C2)cc1. The first-order valence-corrected chi connectivity index (χ1v) is 10.7. The molecule has 0 bridgehead atoms. The fourth-order valence-electron chi connectivity index (χ4n) is 3.81. The maximum absolute atomic E-state index is 13.1. The minimum absolute atomic E-state index is 0.0319. The van der Waals surface area contributed by atoms with Gasteiger partial charge in [-0.2, -0.15) is 4.31 Å². The lowest BCUT2D eigenvalue weighted by Crippen LogP contribution is -2.56. The number of hydrogen-bond acceptors (Lipinski definition) is 6. The van der Waals surface area contributed by atoms with Crippen LogP contribution in [0.2, 0.25) is 0 Å². The Balaban J connectivity index is 2.05. The van der Waals surface area contributed by atoms with E-state index in [0.29, 0.717) is 11.1 Å². The molecule has 3 rings (SSSR count). The number of rotatable bonds is 6. The zero-order valence-electron chi connectivity index (χ0n) is 16.5. The van der Waals surface area contributed by atoms with Crippen LogP contribution >= 0.6 is 0 Å². The Morgan fingerprint density at radius 2 is 1.90 bits per heavy atom. The summed E-state index contributed by atoms with van der Waals surface area (Å²) in [5.41, 5.74) is 9.64. The first-order valence-electron chi connectivity index (χ1n) is 9.21. The van der Waals surface area contributed by atoms with E-state index in [1.807, 2.05) is 6.92 Å². The molecule has 11 heteroatoms. The second kappa shape index (κ2) is 8.31. The average Bonchev–Trinajstić information content (AvgIpc) is 2.69. The van der Waals surface area contributed by atoms with Gasteiger partial charge in [-0.05, 0) is 49.1 Å². The highest BCUT2D eigenvalue weighted by Gasteiger charge is 2.50. The maximum Gasteiger partial charge on any atom is 0.295 e. The lowest BCUT2D eigenvalue weighted by Gasteiger charge is -2.44. The summed E-state index contributed by atoms with van der Waals surface area (Å²) in [6.07, 6.45) is -0.0480. The van der Waals surface area contributed by atoms with E-state index in [-0.39, 0.29) is 24.4 Å². The minimum Gasteiger partial charge on any atom is -0.302 e. The first-order chi connectivity index (χ1) is 14.2. The Morgan fingerprint density at radius 1 is 1.23 bits per heavy atom. The largest absolute Gasteiger partial charge is 0.302 e. The van der Waals surface area contributed by atoms with Gasteiger partial charge in [0, 0.05) is 18.0 Å². The van der Waals surface area contributed by atoms with Gasteiger partial charge in [-0.15, -0.1) is 10.1 Å². The van der Waals surface area contributed by atoms with Gasteiger partial charge in [-0.1, -0.05) is 47.1 Å². The van der Waals surface area contributed by atoms with E-state index in [0.717, 1.165) is 5.56 Å². The Kier molecular flexibility index (Phi) is 5.97. The summed E-state index contributed by atoms with van der Waals surface area (Å²) in [6, 6.07) is 12.2. The molecule has 0 aliphatic carbocycles. The van der Waals surface area contributed by atoms with Gasteiger partial charge in [0.15, 0.2) is 5.60 Å². The Labute approximate surface area is 173 Å². The molecule has 1 saturated heterocycles. The number of aryl methyl sites for hydroxylation is 2. The third kappa shape index (κ3) is 3.95. The number of hydrogen-bond donors (Lipinski definition) is 0. The molecule has 158 valence electrons. The van der Waals surface area contributed by atoms with Gasteiger partial charge in [0.05, 0.1) is 10.9 Å². The van der Waals surface area contributed by atoms with Crippen LogP contribution in [-0.4, -0.2) is 36.9 Å². The van der Waals surface area contributed by atoms with Crippen LogP contribution in [0.25, 0.3) is 10.4 Å². The van der Waals surface area contributed by atoms with E-state index in [4.69, 9.17) is 10.4 Å². The quantitative estimate of drug-likeness (QED) is 0.226. The summed E-state index contributed by atoms with van der Waals surface area (Å²) in [4.78, 5) is 19.4.